The average Bonchev–Trinajstić information content (AvgIpc) is 3.12. The molecule has 4 aromatic carbocycles. The Morgan fingerprint density at radius 3 is 1.59 bits per heavy atom. The Hall–Kier alpha value is -4.62. The third kappa shape index (κ3) is 7.09. The number of fused-ring (bicyclic) bond motifs is 2. The van der Waals surface area contributed by atoms with Crippen LogP contribution in [0.25, 0.3) is 43.8 Å². The number of rotatable bonds is 7. The predicted molar refractivity (Wildman–Crippen MR) is 204 cm³/mol. The largest absolute Gasteiger partial charge is 0.264 e. The highest BCUT2D eigenvalue weighted by Gasteiger charge is 2.27. The number of benzene rings is 4. The summed E-state index contributed by atoms with van der Waals surface area (Å²) in [6, 6.07) is 33.1. The first-order valence-corrected chi connectivity index (χ1v) is 18.9. The van der Waals surface area contributed by atoms with Crippen LogP contribution in [-0.4, -0.2) is 21.0 Å². The van der Waals surface area contributed by atoms with Crippen LogP contribution in [0.1, 0.15) is 50.7 Å². The van der Waals surface area contributed by atoms with Gasteiger partial charge < -0.3 is 0 Å². The van der Waals surface area contributed by atoms with E-state index in [1.165, 1.54) is 52.4 Å². The van der Waals surface area contributed by atoms with Gasteiger partial charge in [0, 0.05) is 67.5 Å². The molecule has 2 fully saturated rings. The zero-order valence-corrected chi connectivity index (χ0v) is 29.5. The van der Waals surface area contributed by atoms with Crippen LogP contribution in [0.15, 0.2) is 120 Å². The minimum Gasteiger partial charge on any atom is -0.264 e. The predicted octanol–water partition coefficient (Wildman–Crippen LogP) is 11.6. The maximum absolute atomic E-state index is 9.39. The number of thioether (sulfide) groups is 2. The Bertz CT molecular complexity index is 2200. The SMILES string of the molecule is CC1CC(CSc2ccncc2-c2ccc(C#N)c3ccccc23)C1.CC1CC(Sc2ccncc2-c2ccc(C#N)c3ccccc23)C1. The maximum Gasteiger partial charge on any atom is 0.0998 e. The fourth-order valence-corrected chi connectivity index (χ4v) is 9.98. The molecule has 0 amide bonds. The molecule has 8 rings (SSSR count). The van der Waals surface area contributed by atoms with Gasteiger partial charge in [-0.3, -0.25) is 9.97 Å². The van der Waals surface area contributed by atoms with Crippen molar-refractivity contribution < 1.29 is 0 Å². The summed E-state index contributed by atoms with van der Waals surface area (Å²) >= 11 is 3.91. The van der Waals surface area contributed by atoms with Crippen LogP contribution >= 0.6 is 23.5 Å². The first-order chi connectivity index (χ1) is 24.0. The quantitative estimate of drug-likeness (QED) is 0.157. The third-order valence-electron chi connectivity index (χ3n) is 9.80. The van der Waals surface area contributed by atoms with Crippen LogP contribution in [0.3, 0.4) is 0 Å². The van der Waals surface area contributed by atoms with Gasteiger partial charge in [-0.25, -0.2) is 0 Å². The summed E-state index contributed by atoms with van der Waals surface area (Å²) in [6.07, 6.45) is 13.0. The molecule has 0 bridgehead atoms. The summed E-state index contributed by atoms with van der Waals surface area (Å²) in [4.78, 5) is 11.3. The molecule has 2 heterocycles. The molecule has 0 atom stereocenters. The number of hydrogen-bond acceptors (Lipinski definition) is 6. The number of nitriles is 2. The highest BCUT2D eigenvalue weighted by Crippen LogP contribution is 2.45. The molecular weight excluding hydrogens is 637 g/mol. The number of pyridine rings is 2. The lowest BCUT2D eigenvalue weighted by molar-refractivity contribution is 0.238. The number of aromatic nitrogens is 2. The molecule has 0 aliphatic heterocycles. The average molecular weight is 675 g/mol. The van der Waals surface area contributed by atoms with E-state index >= 15 is 0 Å². The van der Waals surface area contributed by atoms with Gasteiger partial charge >= 0.3 is 0 Å². The van der Waals surface area contributed by atoms with Crippen LogP contribution in [-0.2, 0) is 0 Å². The van der Waals surface area contributed by atoms with Gasteiger partial charge in [0.15, 0.2) is 0 Å². The van der Waals surface area contributed by atoms with E-state index in [-0.39, 0.29) is 0 Å². The fourth-order valence-electron chi connectivity index (χ4n) is 7.18. The van der Waals surface area contributed by atoms with E-state index in [4.69, 9.17) is 0 Å². The van der Waals surface area contributed by atoms with Crippen molar-refractivity contribution in [1.29, 1.82) is 10.5 Å². The molecule has 2 aromatic heterocycles. The third-order valence-corrected chi connectivity index (χ3v) is 12.4. The zero-order valence-electron chi connectivity index (χ0n) is 27.8. The van der Waals surface area contributed by atoms with Crippen molar-refractivity contribution >= 4 is 45.1 Å². The van der Waals surface area contributed by atoms with Crippen LogP contribution in [0.2, 0.25) is 0 Å². The zero-order chi connectivity index (χ0) is 33.7. The van der Waals surface area contributed by atoms with Gasteiger partial charge in [0.25, 0.3) is 0 Å². The van der Waals surface area contributed by atoms with E-state index < -0.39 is 0 Å². The van der Waals surface area contributed by atoms with Gasteiger partial charge in [-0.2, -0.15) is 10.5 Å². The molecule has 6 aromatic rings. The molecule has 0 spiro atoms. The van der Waals surface area contributed by atoms with Crippen LogP contribution < -0.4 is 0 Å². The van der Waals surface area contributed by atoms with Crippen molar-refractivity contribution in [2.24, 2.45) is 17.8 Å². The standard InChI is InChI=1S/C22H20N2S.C21H18N2S/c1-15-10-16(11-15)14-25-22-8-9-24-13-21(22)20-7-6-17(12-23)18-4-2-3-5-19(18)20;1-14-10-16(11-14)24-21-8-9-23-13-20(21)19-7-6-15(12-22)17-4-2-3-5-18(17)19/h2-9,13,15-16H,10-11,14H2,1H3;2-9,13-14,16H,10-11H2,1H3. The normalized spacial score (nSPS) is 19.5. The minimum atomic E-state index is 0.714. The molecular formula is C43H38N4S2. The molecule has 242 valence electrons. The minimum absolute atomic E-state index is 0.714. The molecule has 0 radical (unpaired) electrons. The molecule has 2 aliphatic carbocycles. The van der Waals surface area contributed by atoms with Crippen molar-refractivity contribution in [1.82, 2.24) is 9.97 Å². The second kappa shape index (κ2) is 14.9. The first kappa shape index (κ1) is 32.9. The summed E-state index contributed by atoms with van der Waals surface area (Å²) in [7, 11) is 0. The van der Waals surface area contributed by atoms with Crippen molar-refractivity contribution in [3.63, 3.8) is 0 Å². The Morgan fingerprint density at radius 1 is 0.592 bits per heavy atom. The van der Waals surface area contributed by atoms with E-state index in [0.29, 0.717) is 5.25 Å². The van der Waals surface area contributed by atoms with Gasteiger partial charge in [0.2, 0.25) is 0 Å². The maximum atomic E-state index is 9.39. The molecule has 0 N–H and O–H groups in total. The van der Waals surface area contributed by atoms with Crippen molar-refractivity contribution in [2.45, 2.75) is 54.6 Å². The van der Waals surface area contributed by atoms with E-state index in [2.05, 4.69) is 72.4 Å². The second-order valence-corrected chi connectivity index (χ2v) is 15.9. The van der Waals surface area contributed by atoms with Crippen LogP contribution in [0.5, 0.6) is 0 Å². The molecule has 49 heavy (non-hydrogen) atoms. The molecule has 2 aliphatic rings. The van der Waals surface area contributed by atoms with E-state index in [1.54, 1.807) is 0 Å². The van der Waals surface area contributed by atoms with Gasteiger partial charge in [-0.05, 0) is 89.6 Å². The van der Waals surface area contributed by atoms with E-state index in [1.807, 2.05) is 96.8 Å². The Balaban J connectivity index is 0.000000154. The monoisotopic (exact) mass is 674 g/mol. The van der Waals surface area contributed by atoms with Crippen molar-refractivity contribution in [3.05, 3.63) is 121 Å². The Morgan fingerprint density at radius 2 is 1.08 bits per heavy atom. The summed E-state index contributed by atoms with van der Waals surface area (Å²) in [5.74, 6) is 3.77. The Labute approximate surface area is 297 Å². The van der Waals surface area contributed by atoms with Gasteiger partial charge in [-0.15, -0.1) is 23.5 Å². The lowest BCUT2D eigenvalue weighted by Gasteiger charge is -2.32. The summed E-state index contributed by atoms with van der Waals surface area (Å²) in [6.45, 7) is 4.65. The van der Waals surface area contributed by atoms with Gasteiger partial charge in [0.05, 0.1) is 23.3 Å². The van der Waals surface area contributed by atoms with Gasteiger partial charge in [0.1, 0.15) is 0 Å². The number of nitrogens with zero attached hydrogens (tertiary/aromatic N) is 4. The summed E-state index contributed by atoms with van der Waals surface area (Å²) < 4.78 is 0. The summed E-state index contributed by atoms with van der Waals surface area (Å²) in [5.41, 5.74) is 6.10. The van der Waals surface area contributed by atoms with E-state index in [0.717, 1.165) is 61.6 Å². The highest BCUT2D eigenvalue weighted by atomic mass is 32.2. The molecule has 6 heteroatoms. The van der Waals surface area contributed by atoms with Crippen molar-refractivity contribution in [2.75, 3.05) is 5.75 Å². The summed E-state index contributed by atoms with van der Waals surface area (Å²) in [5, 5.41) is 23.7. The number of hydrogen-bond donors (Lipinski definition) is 0. The fraction of sp³-hybridized carbons (Fsp3) is 0.256. The smallest absolute Gasteiger partial charge is 0.0998 e. The molecule has 4 nitrogen and oxygen atoms in total. The molecule has 2 saturated carbocycles. The van der Waals surface area contributed by atoms with Gasteiger partial charge in [-0.1, -0.05) is 74.5 Å². The highest BCUT2D eigenvalue weighted by molar-refractivity contribution is 8.00. The topological polar surface area (TPSA) is 73.4 Å². The van der Waals surface area contributed by atoms with Crippen LogP contribution in [0, 0.1) is 40.4 Å². The van der Waals surface area contributed by atoms with E-state index in [9.17, 15) is 10.5 Å². The molecule has 0 unspecified atom stereocenters. The van der Waals surface area contributed by atoms with Crippen molar-refractivity contribution in [3.8, 4) is 34.4 Å². The lowest BCUT2D eigenvalue weighted by atomic mass is 9.77. The lowest BCUT2D eigenvalue weighted by Crippen LogP contribution is -2.23. The molecule has 0 saturated heterocycles. The first-order valence-electron chi connectivity index (χ1n) is 17.0. The Kier molecular flexibility index (Phi) is 9.99. The van der Waals surface area contributed by atoms with Crippen LogP contribution in [0.4, 0.5) is 0 Å². The second-order valence-electron chi connectivity index (χ2n) is 13.4.